The molecule has 7 nitrogen and oxygen atoms in total. The molecule has 0 saturated heterocycles. The molecule has 26 heavy (non-hydrogen) atoms. The summed E-state index contributed by atoms with van der Waals surface area (Å²) in [5, 5.41) is 31.0. The molecule has 2 N–H and O–H groups in total. The summed E-state index contributed by atoms with van der Waals surface area (Å²) in [5.41, 5.74) is 2.61. The molecule has 136 valence electrons. The van der Waals surface area contributed by atoms with Crippen molar-refractivity contribution in [2.45, 2.75) is 19.3 Å². The molecule has 0 aliphatic heterocycles. The van der Waals surface area contributed by atoms with Gasteiger partial charge in [0.25, 0.3) is 0 Å². The normalized spacial score (nSPS) is 14.8. The zero-order valence-corrected chi connectivity index (χ0v) is 14.5. The fourth-order valence-corrected chi connectivity index (χ4v) is 3.27. The predicted octanol–water partition coefficient (Wildman–Crippen LogP) is 3.60. The lowest BCUT2D eigenvalue weighted by molar-refractivity contribution is -0.386. The second-order valence-electron chi connectivity index (χ2n) is 6.08. The van der Waals surface area contributed by atoms with E-state index in [4.69, 9.17) is 9.47 Å². The quantitative estimate of drug-likeness (QED) is 0.492. The summed E-state index contributed by atoms with van der Waals surface area (Å²) in [4.78, 5) is 10.7. The summed E-state index contributed by atoms with van der Waals surface area (Å²) < 4.78 is 10.5. The number of nitro benzene ring substituents is 1. The van der Waals surface area contributed by atoms with Crippen LogP contribution in [0.15, 0.2) is 29.8 Å². The van der Waals surface area contributed by atoms with Gasteiger partial charge in [0.1, 0.15) is 0 Å². The van der Waals surface area contributed by atoms with E-state index in [0.29, 0.717) is 41.9 Å². The Balaban J connectivity index is 1.99. The Kier molecular flexibility index (Phi) is 4.71. The second kappa shape index (κ2) is 6.95. The first kappa shape index (κ1) is 17.6. The van der Waals surface area contributed by atoms with Gasteiger partial charge in [0.15, 0.2) is 17.2 Å². The van der Waals surface area contributed by atoms with E-state index in [-0.39, 0.29) is 0 Å². The zero-order chi connectivity index (χ0) is 18.8. The van der Waals surface area contributed by atoms with Crippen LogP contribution in [0.3, 0.4) is 0 Å². The molecule has 0 fully saturated rings. The van der Waals surface area contributed by atoms with Gasteiger partial charge in [-0.1, -0.05) is 17.7 Å². The average Bonchev–Trinajstić information content (AvgIpc) is 2.62. The maximum Gasteiger partial charge on any atom is 0.318 e. The number of allylic oxidation sites excluding steroid dienone is 1. The molecule has 0 aromatic heterocycles. The highest BCUT2D eigenvalue weighted by molar-refractivity contribution is 5.66. The second-order valence-corrected chi connectivity index (χ2v) is 6.08. The Hall–Kier alpha value is -3.22. The third-order valence-electron chi connectivity index (χ3n) is 4.53. The van der Waals surface area contributed by atoms with Gasteiger partial charge in [0.2, 0.25) is 5.75 Å². The van der Waals surface area contributed by atoms with Crippen LogP contribution in [0.25, 0.3) is 6.08 Å². The number of benzene rings is 2. The first-order valence-electron chi connectivity index (χ1n) is 8.07. The lowest BCUT2D eigenvalue weighted by atomic mass is 9.85. The van der Waals surface area contributed by atoms with Crippen LogP contribution in [0, 0.1) is 10.1 Å². The number of phenols is 2. The van der Waals surface area contributed by atoms with Crippen molar-refractivity contribution in [2.24, 2.45) is 0 Å². The molecule has 1 aliphatic carbocycles. The number of ether oxygens (including phenoxy) is 2. The fourth-order valence-electron chi connectivity index (χ4n) is 3.27. The minimum atomic E-state index is -0.680. The number of rotatable bonds is 4. The van der Waals surface area contributed by atoms with Gasteiger partial charge in [-0.2, -0.15) is 0 Å². The van der Waals surface area contributed by atoms with Gasteiger partial charge < -0.3 is 19.7 Å². The average molecular weight is 357 g/mol. The topological polar surface area (TPSA) is 102 Å². The monoisotopic (exact) mass is 357 g/mol. The molecule has 7 heteroatoms. The van der Waals surface area contributed by atoms with Crippen LogP contribution in [0.5, 0.6) is 23.0 Å². The molecule has 0 unspecified atom stereocenters. The van der Waals surface area contributed by atoms with Crippen molar-refractivity contribution in [1.82, 2.24) is 0 Å². The molecule has 1 aliphatic rings. The van der Waals surface area contributed by atoms with Gasteiger partial charge in [-0.15, -0.1) is 0 Å². The summed E-state index contributed by atoms with van der Waals surface area (Å²) >= 11 is 0. The van der Waals surface area contributed by atoms with Crippen molar-refractivity contribution in [3.8, 4) is 23.0 Å². The summed E-state index contributed by atoms with van der Waals surface area (Å²) in [7, 11) is 3.12. The molecule has 0 spiro atoms. The van der Waals surface area contributed by atoms with E-state index in [0.717, 1.165) is 11.1 Å². The zero-order valence-electron chi connectivity index (χ0n) is 14.5. The Bertz CT molecular complexity index is 903. The smallest absolute Gasteiger partial charge is 0.318 e. The molecule has 0 atom stereocenters. The number of fused-ring (bicyclic) bond motifs is 1. The number of nitrogens with zero attached hydrogens (tertiary/aromatic N) is 1. The van der Waals surface area contributed by atoms with E-state index < -0.39 is 22.1 Å². The van der Waals surface area contributed by atoms with Gasteiger partial charge >= 0.3 is 5.69 Å². The van der Waals surface area contributed by atoms with Crippen molar-refractivity contribution in [3.63, 3.8) is 0 Å². The van der Waals surface area contributed by atoms with Crippen molar-refractivity contribution >= 4 is 11.8 Å². The SMILES string of the molecule is COc1ccc(C=C2CCc3cc(O)c(O)c([N+](=O)[O-])c3C2)cc1OC. The van der Waals surface area contributed by atoms with Crippen LogP contribution >= 0.6 is 0 Å². The molecule has 0 radical (unpaired) electrons. The molecule has 2 aromatic carbocycles. The van der Waals surface area contributed by atoms with Crippen molar-refractivity contribution in [3.05, 3.63) is 56.6 Å². The van der Waals surface area contributed by atoms with Crippen molar-refractivity contribution < 1.29 is 24.6 Å². The highest BCUT2D eigenvalue weighted by Gasteiger charge is 2.29. The summed E-state index contributed by atoms with van der Waals surface area (Å²) in [6, 6.07) is 6.93. The van der Waals surface area contributed by atoms with Crippen molar-refractivity contribution in [2.75, 3.05) is 14.2 Å². The Labute approximate surface area is 150 Å². The van der Waals surface area contributed by atoms with Crippen LogP contribution < -0.4 is 9.47 Å². The van der Waals surface area contributed by atoms with Gasteiger partial charge in [0, 0.05) is 12.0 Å². The Morgan fingerprint density at radius 2 is 1.85 bits per heavy atom. The van der Waals surface area contributed by atoms with E-state index in [9.17, 15) is 20.3 Å². The molecule has 0 heterocycles. The van der Waals surface area contributed by atoms with E-state index in [2.05, 4.69) is 0 Å². The largest absolute Gasteiger partial charge is 0.504 e. The van der Waals surface area contributed by atoms with E-state index in [1.54, 1.807) is 20.3 Å². The van der Waals surface area contributed by atoms with E-state index in [1.165, 1.54) is 6.07 Å². The number of hydrogen-bond donors (Lipinski definition) is 2. The van der Waals surface area contributed by atoms with Crippen LogP contribution in [0.1, 0.15) is 23.1 Å². The third-order valence-corrected chi connectivity index (χ3v) is 4.53. The first-order chi connectivity index (χ1) is 12.4. The standard InChI is InChI=1S/C19H19NO6/c1-25-16-6-4-12(9-17(16)26-2)7-11-3-5-13-10-15(21)19(22)18(20(23)24)14(13)8-11/h4,6-7,9-10,21-22H,3,5,8H2,1-2H3. The van der Waals surface area contributed by atoms with Crippen molar-refractivity contribution in [1.29, 1.82) is 0 Å². The number of phenolic OH excluding ortho intramolecular Hbond substituents is 2. The summed E-state index contributed by atoms with van der Waals surface area (Å²) in [5.74, 6) is 0.0927. The number of aryl methyl sites for hydroxylation is 1. The molecular weight excluding hydrogens is 338 g/mol. The highest BCUT2D eigenvalue weighted by atomic mass is 16.6. The number of methoxy groups -OCH3 is 2. The van der Waals surface area contributed by atoms with Gasteiger partial charge in [-0.3, -0.25) is 10.1 Å². The van der Waals surface area contributed by atoms with E-state index >= 15 is 0 Å². The number of hydrogen-bond acceptors (Lipinski definition) is 6. The maximum atomic E-state index is 11.3. The summed E-state index contributed by atoms with van der Waals surface area (Å²) in [6.45, 7) is 0. The minimum absolute atomic E-state index is 0.341. The lowest BCUT2D eigenvalue weighted by Gasteiger charge is -2.20. The minimum Gasteiger partial charge on any atom is -0.504 e. The predicted molar refractivity (Wildman–Crippen MR) is 96.0 cm³/mol. The highest BCUT2D eigenvalue weighted by Crippen LogP contribution is 2.44. The Morgan fingerprint density at radius 3 is 2.50 bits per heavy atom. The van der Waals surface area contributed by atoms with Crippen LogP contribution in [-0.2, 0) is 12.8 Å². The number of aromatic hydroxyl groups is 2. The first-order valence-corrected chi connectivity index (χ1v) is 8.07. The fraction of sp³-hybridized carbons (Fsp3) is 0.263. The molecule has 0 amide bonds. The van der Waals surface area contributed by atoms with Crippen LogP contribution in [0.2, 0.25) is 0 Å². The Morgan fingerprint density at radius 1 is 1.12 bits per heavy atom. The third kappa shape index (κ3) is 3.15. The number of nitro groups is 1. The molecular formula is C19H19NO6. The summed E-state index contributed by atoms with van der Waals surface area (Å²) in [6.07, 6.45) is 3.57. The van der Waals surface area contributed by atoms with Gasteiger partial charge in [-0.25, -0.2) is 0 Å². The molecule has 3 rings (SSSR count). The molecule has 2 aromatic rings. The molecule has 0 bridgehead atoms. The van der Waals surface area contributed by atoms with Crippen LogP contribution in [-0.4, -0.2) is 29.4 Å². The van der Waals surface area contributed by atoms with E-state index in [1.807, 2.05) is 18.2 Å². The molecule has 0 saturated carbocycles. The maximum absolute atomic E-state index is 11.3. The van der Waals surface area contributed by atoms with Gasteiger partial charge in [0.05, 0.1) is 19.1 Å². The lowest BCUT2D eigenvalue weighted by Crippen LogP contribution is -2.09. The van der Waals surface area contributed by atoms with Gasteiger partial charge in [-0.05, 0) is 42.2 Å². The van der Waals surface area contributed by atoms with Crippen LogP contribution in [0.4, 0.5) is 5.69 Å².